The molecule has 1 N–H and O–H groups in total. The van der Waals surface area contributed by atoms with E-state index in [1.807, 2.05) is 36.4 Å². The summed E-state index contributed by atoms with van der Waals surface area (Å²) >= 11 is 0. The Kier molecular flexibility index (Phi) is 6.47. The van der Waals surface area contributed by atoms with Crippen molar-refractivity contribution in [2.45, 2.75) is 13.0 Å². The fourth-order valence-electron chi connectivity index (χ4n) is 2.23. The Morgan fingerprint density at radius 2 is 1.81 bits per heavy atom. The van der Waals surface area contributed by atoms with E-state index in [9.17, 15) is 5.11 Å². The number of methoxy groups -OCH3 is 1. The van der Waals surface area contributed by atoms with Crippen molar-refractivity contribution in [1.82, 2.24) is 0 Å². The van der Waals surface area contributed by atoms with E-state index in [1.165, 1.54) is 0 Å². The molecule has 114 valence electrons. The van der Waals surface area contributed by atoms with Gasteiger partial charge in [0.15, 0.2) is 0 Å². The van der Waals surface area contributed by atoms with Crippen LogP contribution in [0.2, 0.25) is 0 Å². The van der Waals surface area contributed by atoms with E-state index in [1.54, 1.807) is 7.11 Å². The second-order valence-corrected chi connectivity index (χ2v) is 4.73. The van der Waals surface area contributed by atoms with Gasteiger partial charge in [-0.2, -0.15) is 0 Å². The lowest BCUT2D eigenvalue weighted by molar-refractivity contribution is 0.0801. The Balaban J connectivity index is 1.90. The van der Waals surface area contributed by atoms with Crippen LogP contribution in [0.1, 0.15) is 12.0 Å². The van der Waals surface area contributed by atoms with Gasteiger partial charge in [0.1, 0.15) is 12.4 Å². The van der Waals surface area contributed by atoms with E-state index in [-0.39, 0.29) is 6.61 Å². The second-order valence-electron chi connectivity index (χ2n) is 4.73. The normalized spacial score (nSPS) is 11.0. The fourth-order valence-corrected chi connectivity index (χ4v) is 2.23. The third kappa shape index (κ3) is 4.43. The molecule has 2 aromatic carbocycles. The van der Waals surface area contributed by atoms with E-state index < -0.39 is 0 Å². The molecular weight excluding hydrogens is 268 g/mol. The molecule has 0 saturated heterocycles. The Morgan fingerprint density at radius 3 is 2.62 bits per heavy atom. The van der Waals surface area contributed by atoms with Crippen LogP contribution in [0.15, 0.2) is 36.4 Å². The number of rotatable bonds is 9. The summed E-state index contributed by atoms with van der Waals surface area (Å²) in [6, 6.07) is 11.9. The molecule has 0 spiro atoms. The number of hydrogen-bond donors (Lipinski definition) is 1. The molecule has 0 aliphatic heterocycles. The quantitative estimate of drug-likeness (QED) is 0.721. The average molecular weight is 290 g/mol. The summed E-state index contributed by atoms with van der Waals surface area (Å²) in [5.74, 6) is 0.719. The summed E-state index contributed by atoms with van der Waals surface area (Å²) in [6.07, 6.45) is 0.883. The highest BCUT2D eigenvalue weighted by atomic mass is 16.5. The lowest BCUT2D eigenvalue weighted by atomic mass is 10.0. The first kappa shape index (κ1) is 15.8. The maximum Gasteiger partial charge on any atom is 0.125 e. The van der Waals surface area contributed by atoms with Crippen LogP contribution in [-0.2, 0) is 16.1 Å². The highest BCUT2D eigenvalue weighted by molar-refractivity contribution is 5.87. The SMILES string of the molecule is COCCCOCCOc1ccc2ccccc2c1CO. The van der Waals surface area contributed by atoms with Crippen LogP contribution in [0.5, 0.6) is 5.75 Å². The summed E-state index contributed by atoms with van der Waals surface area (Å²) in [7, 11) is 1.68. The van der Waals surface area contributed by atoms with Crippen molar-refractivity contribution in [3.63, 3.8) is 0 Å². The average Bonchev–Trinajstić information content (AvgIpc) is 2.53. The molecule has 0 radical (unpaired) electrons. The largest absolute Gasteiger partial charge is 0.491 e. The zero-order valence-corrected chi connectivity index (χ0v) is 12.4. The van der Waals surface area contributed by atoms with E-state index in [0.717, 1.165) is 28.5 Å². The predicted molar refractivity (Wildman–Crippen MR) is 82.7 cm³/mol. The number of aliphatic hydroxyl groups is 1. The number of fused-ring (bicyclic) bond motifs is 1. The predicted octanol–water partition coefficient (Wildman–Crippen LogP) is 2.76. The first-order valence-corrected chi connectivity index (χ1v) is 7.17. The van der Waals surface area contributed by atoms with Crippen LogP contribution in [0.25, 0.3) is 10.8 Å². The number of ether oxygens (including phenoxy) is 3. The molecule has 0 aliphatic carbocycles. The van der Waals surface area contributed by atoms with Gasteiger partial charge in [0.05, 0.1) is 13.2 Å². The molecule has 21 heavy (non-hydrogen) atoms. The summed E-state index contributed by atoms with van der Waals surface area (Å²) in [5.41, 5.74) is 0.826. The van der Waals surface area contributed by atoms with Crippen LogP contribution < -0.4 is 4.74 Å². The van der Waals surface area contributed by atoms with E-state index in [2.05, 4.69) is 0 Å². The Bertz CT molecular complexity index is 553. The highest BCUT2D eigenvalue weighted by Gasteiger charge is 2.07. The third-order valence-corrected chi connectivity index (χ3v) is 3.28. The van der Waals surface area contributed by atoms with Crippen molar-refractivity contribution in [2.75, 3.05) is 33.5 Å². The topological polar surface area (TPSA) is 47.9 Å². The van der Waals surface area contributed by atoms with Gasteiger partial charge in [-0.25, -0.2) is 0 Å². The van der Waals surface area contributed by atoms with Gasteiger partial charge in [0, 0.05) is 25.9 Å². The van der Waals surface area contributed by atoms with E-state index in [0.29, 0.717) is 26.4 Å². The molecule has 0 amide bonds. The van der Waals surface area contributed by atoms with Gasteiger partial charge in [-0.3, -0.25) is 0 Å². The lowest BCUT2D eigenvalue weighted by Crippen LogP contribution is -2.09. The summed E-state index contributed by atoms with van der Waals surface area (Å²) in [5, 5.41) is 11.7. The third-order valence-electron chi connectivity index (χ3n) is 3.28. The Morgan fingerprint density at radius 1 is 0.952 bits per heavy atom. The molecule has 0 saturated carbocycles. The molecular formula is C17H22O4. The molecule has 2 rings (SSSR count). The van der Waals surface area contributed by atoms with Crippen LogP contribution in [0.3, 0.4) is 0 Å². The molecule has 0 atom stereocenters. The maximum absolute atomic E-state index is 9.59. The van der Waals surface area contributed by atoms with Crippen LogP contribution in [0, 0.1) is 0 Å². The first-order chi connectivity index (χ1) is 10.4. The van der Waals surface area contributed by atoms with Gasteiger partial charge in [0.2, 0.25) is 0 Å². The van der Waals surface area contributed by atoms with Gasteiger partial charge in [-0.1, -0.05) is 30.3 Å². The summed E-state index contributed by atoms with van der Waals surface area (Å²) in [4.78, 5) is 0. The molecule has 0 aliphatic rings. The zero-order chi connectivity index (χ0) is 14.9. The number of benzene rings is 2. The second kappa shape index (κ2) is 8.62. The molecule has 0 heterocycles. The molecule has 2 aromatic rings. The molecule has 0 bridgehead atoms. The summed E-state index contributed by atoms with van der Waals surface area (Å²) in [6.45, 7) is 2.34. The van der Waals surface area contributed by atoms with Crippen molar-refractivity contribution in [3.8, 4) is 5.75 Å². The molecule has 0 aromatic heterocycles. The van der Waals surface area contributed by atoms with Crippen molar-refractivity contribution >= 4 is 10.8 Å². The van der Waals surface area contributed by atoms with Crippen molar-refractivity contribution in [3.05, 3.63) is 42.0 Å². The molecule has 4 heteroatoms. The van der Waals surface area contributed by atoms with Crippen LogP contribution in [-0.4, -0.2) is 38.6 Å². The van der Waals surface area contributed by atoms with E-state index >= 15 is 0 Å². The Labute approximate surface area is 125 Å². The van der Waals surface area contributed by atoms with Gasteiger partial charge < -0.3 is 19.3 Å². The van der Waals surface area contributed by atoms with Gasteiger partial charge in [0.25, 0.3) is 0 Å². The minimum Gasteiger partial charge on any atom is -0.491 e. The van der Waals surface area contributed by atoms with E-state index in [4.69, 9.17) is 14.2 Å². The van der Waals surface area contributed by atoms with Crippen molar-refractivity contribution in [1.29, 1.82) is 0 Å². The number of hydrogen-bond acceptors (Lipinski definition) is 4. The molecule has 0 fully saturated rings. The van der Waals surface area contributed by atoms with Gasteiger partial charge in [-0.05, 0) is 23.3 Å². The van der Waals surface area contributed by atoms with Crippen LogP contribution in [0.4, 0.5) is 0 Å². The highest BCUT2D eigenvalue weighted by Crippen LogP contribution is 2.28. The number of aliphatic hydroxyl groups excluding tert-OH is 1. The fraction of sp³-hybridized carbons (Fsp3) is 0.412. The standard InChI is InChI=1S/C17H22O4/c1-19-9-4-10-20-11-12-21-17-8-7-14-5-2-3-6-15(14)16(17)13-18/h2-3,5-8,18H,4,9-13H2,1H3. The minimum absolute atomic E-state index is 0.0363. The zero-order valence-electron chi connectivity index (χ0n) is 12.4. The van der Waals surface area contributed by atoms with Crippen molar-refractivity contribution < 1.29 is 19.3 Å². The monoisotopic (exact) mass is 290 g/mol. The van der Waals surface area contributed by atoms with Gasteiger partial charge in [-0.15, -0.1) is 0 Å². The first-order valence-electron chi connectivity index (χ1n) is 7.17. The Hall–Kier alpha value is -1.62. The minimum atomic E-state index is -0.0363. The van der Waals surface area contributed by atoms with Crippen LogP contribution >= 0.6 is 0 Å². The molecule has 0 unspecified atom stereocenters. The lowest BCUT2D eigenvalue weighted by Gasteiger charge is -2.13. The summed E-state index contributed by atoms with van der Waals surface area (Å²) < 4.78 is 16.1. The smallest absolute Gasteiger partial charge is 0.125 e. The molecule has 4 nitrogen and oxygen atoms in total. The maximum atomic E-state index is 9.59. The van der Waals surface area contributed by atoms with Crippen molar-refractivity contribution in [2.24, 2.45) is 0 Å². The van der Waals surface area contributed by atoms with Gasteiger partial charge >= 0.3 is 0 Å².